The van der Waals surface area contributed by atoms with Crippen LogP contribution in [0.3, 0.4) is 0 Å². The summed E-state index contributed by atoms with van der Waals surface area (Å²) in [6, 6.07) is 10.1. The highest BCUT2D eigenvalue weighted by molar-refractivity contribution is 9.10. The van der Waals surface area contributed by atoms with Crippen molar-refractivity contribution in [2.45, 2.75) is 52.7 Å². The second-order valence-corrected chi connectivity index (χ2v) is 12.4. The molecule has 0 radical (unpaired) electrons. The van der Waals surface area contributed by atoms with E-state index in [4.69, 9.17) is 0 Å². The fourth-order valence-electron chi connectivity index (χ4n) is 3.46. The van der Waals surface area contributed by atoms with Crippen molar-refractivity contribution in [2.75, 3.05) is 17.1 Å². The zero-order chi connectivity index (χ0) is 27.4. The van der Waals surface area contributed by atoms with Gasteiger partial charge in [0.1, 0.15) is 12.6 Å². The van der Waals surface area contributed by atoms with Crippen LogP contribution < -0.4 is 9.62 Å². The third kappa shape index (κ3) is 8.02. The number of hydrogen-bond acceptors (Lipinski definition) is 6. The molecule has 0 aromatic heterocycles. The number of hydrogen-bond donors (Lipinski definition) is 1. The van der Waals surface area contributed by atoms with Gasteiger partial charge in [-0.1, -0.05) is 34.1 Å². The molecular formula is C24H31BrN4O6S. The van der Waals surface area contributed by atoms with E-state index in [0.717, 1.165) is 26.7 Å². The van der Waals surface area contributed by atoms with Gasteiger partial charge in [0.25, 0.3) is 5.69 Å². The van der Waals surface area contributed by atoms with E-state index in [1.54, 1.807) is 32.0 Å². The highest BCUT2D eigenvalue weighted by Gasteiger charge is 2.32. The Balaban J connectivity index is 2.50. The van der Waals surface area contributed by atoms with Crippen molar-refractivity contribution in [2.24, 2.45) is 0 Å². The lowest BCUT2D eigenvalue weighted by molar-refractivity contribution is -0.384. The van der Waals surface area contributed by atoms with Crippen LogP contribution >= 0.6 is 15.9 Å². The minimum atomic E-state index is -4.01. The van der Waals surface area contributed by atoms with Crippen molar-refractivity contribution >= 4 is 49.1 Å². The summed E-state index contributed by atoms with van der Waals surface area (Å²) in [5.41, 5.74) is 0.339. The molecule has 10 nitrogen and oxygen atoms in total. The summed E-state index contributed by atoms with van der Waals surface area (Å²) in [6.07, 6.45) is 0.924. The number of amides is 2. The van der Waals surface area contributed by atoms with Gasteiger partial charge >= 0.3 is 0 Å². The normalized spacial score (nSPS) is 12.5. The average molecular weight is 584 g/mol. The molecular weight excluding hydrogens is 552 g/mol. The monoisotopic (exact) mass is 582 g/mol. The standard InChI is InChI=1S/C24H31BrN4O6S/c1-16-10-11-20(29(32)33)13-21(16)28(36(6,34)35)15-22(30)27(14-18-8-7-9-19(25)12-18)17(2)23(31)26-24(3,4)5/h7-13,17H,14-15H2,1-6H3,(H,26,31). The Morgan fingerprint density at radius 2 is 1.81 bits per heavy atom. The largest absolute Gasteiger partial charge is 0.350 e. The van der Waals surface area contributed by atoms with Crippen LogP contribution in [0.25, 0.3) is 0 Å². The number of sulfonamides is 1. The number of nitro benzene ring substituents is 1. The molecule has 2 amide bonds. The van der Waals surface area contributed by atoms with Crippen molar-refractivity contribution in [1.82, 2.24) is 10.2 Å². The maximum Gasteiger partial charge on any atom is 0.271 e. The molecule has 2 rings (SSSR count). The molecule has 1 atom stereocenters. The van der Waals surface area contributed by atoms with Crippen LogP contribution in [-0.4, -0.2) is 54.4 Å². The minimum absolute atomic E-state index is 0.0225. The maximum atomic E-state index is 13.6. The van der Waals surface area contributed by atoms with Gasteiger partial charge in [0, 0.05) is 28.7 Å². The zero-order valence-electron chi connectivity index (χ0n) is 21.1. The molecule has 0 saturated heterocycles. The molecule has 1 N–H and O–H groups in total. The first-order valence-electron chi connectivity index (χ1n) is 11.1. The number of nitrogens with one attached hydrogen (secondary N) is 1. The molecule has 0 aliphatic heterocycles. The van der Waals surface area contributed by atoms with Crippen LogP contribution in [0, 0.1) is 17.0 Å². The summed E-state index contributed by atoms with van der Waals surface area (Å²) in [6.45, 7) is 8.02. The van der Waals surface area contributed by atoms with E-state index >= 15 is 0 Å². The molecule has 0 saturated carbocycles. The maximum absolute atomic E-state index is 13.6. The number of carbonyl (C=O) groups excluding carboxylic acids is 2. The molecule has 1 unspecified atom stereocenters. The second kappa shape index (κ2) is 11.4. The number of benzene rings is 2. The summed E-state index contributed by atoms with van der Waals surface area (Å²) in [5, 5.41) is 14.1. The second-order valence-electron chi connectivity index (χ2n) is 9.56. The lowest BCUT2D eigenvalue weighted by Crippen LogP contribution is -2.54. The quantitative estimate of drug-likeness (QED) is 0.354. The molecule has 2 aromatic rings. The van der Waals surface area contributed by atoms with Crippen molar-refractivity contribution in [3.63, 3.8) is 0 Å². The molecule has 0 spiro atoms. The Kier molecular flexibility index (Phi) is 9.24. The minimum Gasteiger partial charge on any atom is -0.350 e. The first-order chi connectivity index (χ1) is 16.5. The predicted octanol–water partition coefficient (Wildman–Crippen LogP) is 3.76. The summed E-state index contributed by atoms with van der Waals surface area (Å²) in [4.78, 5) is 38.5. The lowest BCUT2D eigenvalue weighted by Gasteiger charge is -2.33. The number of carbonyl (C=O) groups is 2. The van der Waals surface area contributed by atoms with Gasteiger partial charge in [-0.15, -0.1) is 0 Å². The van der Waals surface area contributed by atoms with Gasteiger partial charge in [0.15, 0.2) is 0 Å². The number of nitro groups is 1. The summed E-state index contributed by atoms with van der Waals surface area (Å²) in [5.74, 6) is -1.04. The fourth-order valence-corrected chi connectivity index (χ4v) is 4.81. The average Bonchev–Trinajstić information content (AvgIpc) is 2.73. The molecule has 0 heterocycles. The highest BCUT2D eigenvalue weighted by Crippen LogP contribution is 2.28. The first-order valence-corrected chi connectivity index (χ1v) is 13.7. The van der Waals surface area contributed by atoms with E-state index in [-0.39, 0.29) is 17.9 Å². The van der Waals surface area contributed by atoms with E-state index < -0.39 is 44.9 Å². The Hall–Kier alpha value is -2.99. The van der Waals surface area contributed by atoms with Crippen molar-refractivity contribution < 1.29 is 22.9 Å². The van der Waals surface area contributed by atoms with Gasteiger partial charge in [0.05, 0.1) is 16.9 Å². The number of non-ortho nitro benzene ring substituents is 1. The molecule has 0 aliphatic carbocycles. The van der Waals surface area contributed by atoms with Crippen LogP contribution in [0.5, 0.6) is 0 Å². The Labute approximate surface area is 220 Å². The van der Waals surface area contributed by atoms with Gasteiger partial charge in [-0.3, -0.25) is 24.0 Å². The van der Waals surface area contributed by atoms with Gasteiger partial charge in [-0.25, -0.2) is 8.42 Å². The number of rotatable bonds is 9. The van der Waals surface area contributed by atoms with E-state index in [2.05, 4.69) is 21.2 Å². The molecule has 0 bridgehead atoms. The van der Waals surface area contributed by atoms with Gasteiger partial charge in [-0.2, -0.15) is 0 Å². The van der Waals surface area contributed by atoms with Crippen molar-refractivity contribution in [1.29, 1.82) is 0 Å². The third-order valence-corrected chi connectivity index (χ3v) is 6.88. The van der Waals surface area contributed by atoms with Gasteiger partial charge in [0.2, 0.25) is 21.8 Å². The van der Waals surface area contributed by atoms with E-state index in [0.29, 0.717) is 5.56 Å². The molecule has 12 heteroatoms. The Bertz CT molecular complexity index is 1260. The molecule has 0 fully saturated rings. The Morgan fingerprint density at radius 1 is 1.17 bits per heavy atom. The van der Waals surface area contributed by atoms with Crippen molar-refractivity contribution in [3.8, 4) is 0 Å². The molecule has 36 heavy (non-hydrogen) atoms. The smallest absolute Gasteiger partial charge is 0.271 e. The number of aryl methyl sites for hydroxylation is 1. The van der Waals surface area contributed by atoms with Crippen LogP contribution in [0.4, 0.5) is 11.4 Å². The van der Waals surface area contributed by atoms with E-state index in [9.17, 15) is 28.1 Å². The molecule has 0 aliphatic rings. The fraction of sp³-hybridized carbons (Fsp3) is 0.417. The topological polar surface area (TPSA) is 130 Å². The van der Waals surface area contributed by atoms with Crippen LogP contribution in [0.15, 0.2) is 46.9 Å². The van der Waals surface area contributed by atoms with E-state index in [1.165, 1.54) is 17.0 Å². The summed E-state index contributed by atoms with van der Waals surface area (Å²) in [7, 11) is -4.01. The van der Waals surface area contributed by atoms with Crippen molar-refractivity contribution in [3.05, 3.63) is 68.2 Å². The van der Waals surface area contributed by atoms with Crippen LogP contribution in [0.1, 0.15) is 38.8 Å². The summed E-state index contributed by atoms with van der Waals surface area (Å²) < 4.78 is 27.1. The Morgan fingerprint density at radius 3 is 2.33 bits per heavy atom. The van der Waals surface area contributed by atoms with Gasteiger partial charge < -0.3 is 10.2 Å². The number of nitrogens with zero attached hydrogens (tertiary/aromatic N) is 3. The number of halogens is 1. The molecule has 196 valence electrons. The lowest BCUT2D eigenvalue weighted by atomic mass is 10.1. The third-order valence-electron chi connectivity index (χ3n) is 5.26. The highest BCUT2D eigenvalue weighted by atomic mass is 79.9. The molecule has 2 aromatic carbocycles. The van der Waals surface area contributed by atoms with Crippen LogP contribution in [-0.2, 0) is 26.2 Å². The predicted molar refractivity (Wildman–Crippen MR) is 142 cm³/mol. The summed E-state index contributed by atoms with van der Waals surface area (Å²) >= 11 is 3.39. The first kappa shape index (κ1) is 29.2. The van der Waals surface area contributed by atoms with Gasteiger partial charge in [-0.05, 0) is 57.9 Å². The van der Waals surface area contributed by atoms with E-state index in [1.807, 2.05) is 26.8 Å². The SMILES string of the molecule is Cc1ccc([N+](=O)[O-])cc1N(CC(=O)N(Cc1cccc(Br)c1)C(C)C(=O)NC(C)(C)C)S(C)(=O)=O. The number of anilines is 1. The van der Waals surface area contributed by atoms with Crippen LogP contribution in [0.2, 0.25) is 0 Å². The zero-order valence-corrected chi connectivity index (χ0v) is 23.5.